The van der Waals surface area contributed by atoms with Crippen molar-refractivity contribution >= 4 is 11.6 Å². The minimum absolute atomic E-state index is 0.741. The van der Waals surface area contributed by atoms with Crippen molar-refractivity contribution in [2.45, 2.75) is 46.2 Å². The molecule has 1 N–H and O–H groups in total. The van der Waals surface area contributed by atoms with Crippen LogP contribution in [0.25, 0.3) is 5.69 Å². The summed E-state index contributed by atoms with van der Waals surface area (Å²) in [5.74, 6) is 0. The molecule has 1 aliphatic rings. The van der Waals surface area contributed by atoms with Gasteiger partial charge in [-0.2, -0.15) is 5.10 Å². The van der Waals surface area contributed by atoms with Gasteiger partial charge in [-0.05, 0) is 50.8 Å². The Labute approximate surface area is 124 Å². The highest BCUT2D eigenvalue weighted by Gasteiger charge is 2.20. The highest BCUT2D eigenvalue weighted by Crippen LogP contribution is 2.25. The fourth-order valence-corrected chi connectivity index (χ4v) is 2.59. The number of nitrogens with one attached hydrogen (secondary N) is 1. The van der Waals surface area contributed by atoms with Crippen molar-refractivity contribution in [2.24, 2.45) is 0 Å². The maximum Gasteiger partial charge on any atom is 0.0848 e. The van der Waals surface area contributed by atoms with E-state index in [0.29, 0.717) is 0 Å². The normalized spacial score (nSPS) is 14.8. The quantitative estimate of drug-likeness (QED) is 0.930. The summed E-state index contributed by atoms with van der Waals surface area (Å²) >= 11 is 6.23. The molecule has 3 rings (SSSR count). The molecule has 0 bridgehead atoms. The molecule has 2 aromatic rings. The molecule has 4 heteroatoms. The molecule has 0 unspecified atom stereocenters. The van der Waals surface area contributed by atoms with Crippen LogP contribution in [0.5, 0.6) is 0 Å². The van der Waals surface area contributed by atoms with Gasteiger partial charge in [-0.15, -0.1) is 0 Å². The molecule has 0 amide bonds. The summed E-state index contributed by atoms with van der Waals surface area (Å²) in [4.78, 5) is 0. The Morgan fingerprint density at radius 2 is 2.05 bits per heavy atom. The molecule has 1 aromatic heterocycles. The summed E-state index contributed by atoms with van der Waals surface area (Å²) in [7, 11) is 0. The number of halogens is 1. The molecule has 20 heavy (non-hydrogen) atoms. The van der Waals surface area contributed by atoms with Gasteiger partial charge >= 0.3 is 0 Å². The van der Waals surface area contributed by atoms with Gasteiger partial charge in [0.15, 0.2) is 0 Å². The van der Waals surface area contributed by atoms with E-state index in [2.05, 4.69) is 35.5 Å². The minimum Gasteiger partial charge on any atom is -0.310 e. The van der Waals surface area contributed by atoms with Gasteiger partial charge in [-0.3, -0.25) is 0 Å². The molecule has 106 valence electrons. The molecule has 1 heterocycles. The molecule has 1 fully saturated rings. The van der Waals surface area contributed by atoms with E-state index >= 15 is 0 Å². The first-order valence-corrected chi connectivity index (χ1v) is 7.49. The van der Waals surface area contributed by atoms with Crippen molar-refractivity contribution in [3.8, 4) is 5.69 Å². The van der Waals surface area contributed by atoms with Crippen LogP contribution >= 0.6 is 11.6 Å². The molecule has 0 aliphatic heterocycles. The third-order valence-corrected chi connectivity index (χ3v) is 4.41. The largest absolute Gasteiger partial charge is 0.310 e. The monoisotopic (exact) mass is 289 g/mol. The topological polar surface area (TPSA) is 29.9 Å². The van der Waals surface area contributed by atoms with Crippen LogP contribution in [0.15, 0.2) is 18.2 Å². The molecule has 1 aliphatic carbocycles. The summed E-state index contributed by atoms with van der Waals surface area (Å²) in [5.41, 5.74) is 5.53. The smallest absolute Gasteiger partial charge is 0.0848 e. The number of aromatic nitrogens is 2. The van der Waals surface area contributed by atoms with Crippen LogP contribution in [0.1, 0.15) is 35.4 Å². The fourth-order valence-electron chi connectivity index (χ4n) is 2.47. The van der Waals surface area contributed by atoms with Gasteiger partial charge in [-0.1, -0.05) is 23.7 Å². The third kappa shape index (κ3) is 2.60. The van der Waals surface area contributed by atoms with Crippen LogP contribution in [0.3, 0.4) is 0 Å². The molecule has 0 saturated heterocycles. The highest BCUT2D eigenvalue weighted by atomic mass is 35.5. The predicted molar refractivity (Wildman–Crippen MR) is 82.6 cm³/mol. The molecule has 3 nitrogen and oxygen atoms in total. The third-order valence-electron chi connectivity index (χ3n) is 3.86. The maximum atomic E-state index is 6.23. The van der Waals surface area contributed by atoms with Crippen LogP contribution in [0.2, 0.25) is 5.02 Å². The zero-order valence-corrected chi connectivity index (χ0v) is 13.0. The molecular weight excluding hydrogens is 270 g/mol. The van der Waals surface area contributed by atoms with Crippen molar-refractivity contribution in [1.29, 1.82) is 0 Å². The first kappa shape index (κ1) is 13.7. The second-order valence-electron chi connectivity index (χ2n) is 5.67. The Hall–Kier alpha value is -1.32. The van der Waals surface area contributed by atoms with Crippen molar-refractivity contribution in [2.75, 3.05) is 0 Å². The average Bonchev–Trinajstić information content (AvgIpc) is 3.21. The lowest BCUT2D eigenvalue weighted by Crippen LogP contribution is -2.15. The second-order valence-corrected chi connectivity index (χ2v) is 6.05. The summed E-state index contributed by atoms with van der Waals surface area (Å²) in [6, 6.07) is 7.27. The first-order valence-electron chi connectivity index (χ1n) is 7.11. The second kappa shape index (κ2) is 5.23. The van der Waals surface area contributed by atoms with Crippen molar-refractivity contribution in [3.05, 3.63) is 45.7 Å². The van der Waals surface area contributed by atoms with Gasteiger partial charge in [0.1, 0.15) is 0 Å². The number of aryl methyl sites for hydroxylation is 2. The Morgan fingerprint density at radius 3 is 2.60 bits per heavy atom. The van der Waals surface area contributed by atoms with Crippen molar-refractivity contribution in [1.82, 2.24) is 15.1 Å². The van der Waals surface area contributed by atoms with Gasteiger partial charge in [0, 0.05) is 12.6 Å². The zero-order valence-electron chi connectivity index (χ0n) is 12.2. The lowest BCUT2D eigenvalue weighted by molar-refractivity contribution is 0.687. The molecular formula is C16H20ClN3. The number of rotatable bonds is 4. The van der Waals surface area contributed by atoms with Gasteiger partial charge in [-0.25, -0.2) is 4.68 Å². The van der Waals surface area contributed by atoms with Crippen LogP contribution in [0.4, 0.5) is 0 Å². The molecule has 1 saturated carbocycles. The molecule has 0 atom stereocenters. The van der Waals surface area contributed by atoms with Crippen LogP contribution in [0, 0.1) is 20.8 Å². The zero-order chi connectivity index (χ0) is 14.3. The minimum atomic E-state index is 0.741. The Balaban J connectivity index is 1.87. The van der Waals surface area contributed by atoms with Gasteiger partial charge in [0.05, 0.1) is 22.1 Å². The van der Waals surface area contributed by atoms with Gasteiger partial charge < -0.3 is 5.32 Å². The SMILES string of the molecule is Cc1cc(CNC2CC2)ccc1-n1nc(C)c(Cl)c1C. The summed E-state index contributed by atoms with van der Waals surface area (Å²) in [5, 5.41) is 8.82. The molecule has 1 aromatic carbocycles. The van der Waals surface area contributed by atoms with E-state index in [1.54, 1.807) is 0 Å². The number of nitrogens with zero attached hydrogens (tertiary/aromatic N) is 2. The summed E-state index contributed by atoms with van der Waals surface area (Å²) in [6.45, 7) is 7.02. The van der Waals surface area contributed by atoms with Crippen molar-refractivity contribution < 1.29 is 0 Å². The van der Waals surface area contributed by atoms with Crippen molar-refractivity contribution in [3.63, 3.8) is 0 Å². The van der Waals surface area contributed by atoms with Gasteiger partial charge in [0.2, 0.25) is 0 Å². The lowest BCUT2D eigenvalue weighted by atomic mass is 10.1. The van der Waals surface area contributed by atoms with Crippen LogP contribution in [-0.2, 0) is 6.54 Å². The predicted octanol–water partition coefficient (Wildman–Crippen LogP) is 3.70. The molecule has 0 radical (unpaired) electrons. The Kier molecular flexibility index (Phi) is 3.57. The average molecular weight is 290 g/mol. The summed E-state index contributed by atoms with van der Waals surface area (Å²) in [6.07, 6.45) is 2.64. The number of hydrogen-bond donors (Lipinski definition) is 1. The summed E-state index contributed by atoms with van der Waals surface area (Å²) < 4.78 is 1.94. The first-order chi connectivity index (χ1) is 9.56. The van der Waals surface area contributed by atoms with E-state index in [-0.39, 0.29) is 0 Å². The Morgan fingerprint density at radius 1 is 1.30 bits per heavy atom. The maximum absolute atomic E-state index is 6.23. The van der Waals surface area contributed by atoms with E-state index in [0.717, 1.165) is 34.7 Å². The number of benzene rings is 1. The van der Waals surface area contributed by atoms with E-state index in [1.807, 2.05) is 18.5 Å². The number of hydrogen-bond acceptors (Lipinski definition) is 2. The van der Waals surface area contributed by atoms with Crippen LogP contribution < -0.4 is 5.32 Å². The van der Waals surface area contributed by atoms with E-state index in [4.69, 9.17) is 11.6 Å². The lowest BCUT2D eigenvalue weighted by Gasteiger charge is -2.11. The van der Waals surface area contributed by atoms with Crippen LogP contribution in [-0.4, -0.2) is 15.8 Å². The fraction of sp³-hybridized carbons (Fsp3) is 0.438. The standard InChI is InChI=1S/C16H20ClN3/c1-10-8-13(9-18-14-5-6-14)4-7-15(10)20-12(3)16(17)11(2)19-20/h4,7-8,14,18H,5-6,9H2,1-3H3. The van der Waals surface area contributed by atoms with E-state index in [9.17, 15) is 0 Å². The van der Waals surface area contributed by atoms with E-state index in [1.165, 1.54) is 24.0 Å². The highest BCUT2D eigenvalue weighted by molar-refractivity contribution is 6.31. The molecule has 0 spiro atoms. The Bertz CT molecular complexity index is 641. The van der Waals surface area contributed by atoms with Gasteiger partial charge in [0.25, 0.3) is 0 Å². The van der Waals surface area contributed by atoms with E-state index < -0.39 is 0 Å².